The van der Waals surface area contributed by atoms with Gasteiger partial charge in [0.2, 0.25) is 10.0 Å². The lowest BCUT2D eigenvalue weighted by Gasteiger charge is -2.20. The third-order valence-electron chi connectivity index (χ3n) is 6.23. The minimum Gasteiger partial charge on any atom is -0.345 e. The van der Waals surface area contributed by atoms with Gasteiger partial charge in [0.25, 0.3) is 0 Å². The molecule has 0 spiro atoms. The second kappa shape index (κ2) is 4.79. The minimum atomic E-state index is -3.52. The normalized spacial score (nSPS) is 28.8. The highest BCUT2D eigenvalue weighted by Gasteiger charge is 2.60. The van der Waals surface area contributed by atoms with E-state index in [-0.39, 0.29) is 11.8 Å². The molecule has 0 aromatic carbocycles. The number of H-pyrrole nitrogens is 1. The lowest BCUT2D eigenvalue weighted by atomic mass is 9.97. The maximum atomic E-state index is 12.1. The van der Waals surface area contributed by atoms with E-state index in [9.17, 15) is 8.42 Å². The van der Waals surface area contributed by atoms with E-state index in [0.29, 0.717) is 24.4 Å². The first-order valence-electron chi connectivity index (χ1n) is 8.60. The molecule has 3 N–H and O–H groups in total. The number of nitrogens with two attached hydrogens (primary N) is 1. The van der Waals surface area contributed by atoms with Gasteiger partial charge in [-0.05, 0) is 43.6 Å². The van der Waals surface area contributed by atoms with Crippen LogP contribution in [0.4, 0.5) is 0 Å². The number of sulfonamides is 1. The fraction of sp³-hybridized carbons (Fsp3) is 0.562. The summed E-state index contributed by atoms with van der Waals surface area (Å²) in [6.45, 7) is 2.17. The Morgan fingerprint density at radius 3 is 2.84 bits per heavy atom. The molecule has 2 aliphatic rings. The van der Waals surface area contributed by atoms with Crippen molar-refractivity contribution in [2.24, 2.45) is 17.0 Å². The third-order valence-corrected chi connectivity index (χ3v) is 8.11. The Kier molecular flexibility index (Phi) is 2.93. The molecule has 3 aromatic heterocycles. The van der Waals surface area contributed by atoms with Gasteiger partial charge in [-0.25, -0.2) is 18.5 Å². The molecule has 132 valence electrons. The Balaban J connectivity index is 1.58. The number of aromatic amines is 1. The maximum absolute atomic E-state index is 12.1. The first-order valence-corrected chi connectivity index (χ1v) is 10.1. The molecule has 2 fully saturated rings. The zero-order chi connectivity index (χ0) is 17.4. The van der Waals surface area contributed by atoms with Crippen LogP contribution in [0, 0.1) is 11.8 Å². The number of hydrogen-bond donors (Lipinski definition) is 2. The van der Waals surface area contributed by atoms with E-state index in [1.165, 1.54) is 0 Å². The molecule has 2 aliphatic carbocycles. The Morgan fingerprint density at radius 2 is 2.12 bits per heavy atom. The molecule has 3 atom stereocenters. The summed E-state index contributed by atoms with van der Waals surface area (Å²) in [5.74, 6) is 1.49. The fourth-order valence-corrected chi connectivity index (χ4v) is 6.05. The number of rotatable bonds is 3. The highest BCUT2D eigenvalue weighted by molar-refractivity contribution is 7.90. The average Bonchev–Trinajstić information content (AvgIpc) is 2.91. The van der Waals surface area contributed by atoms with Crippen molar-refractivity contribution in [2.45, 2.75) is 43.3 Å². The summed E-state index contributed by atoms with van der Waals surface area (Å²) in [6, 6.07) is 1.96. The molecule has 9 heteroatoms. The molecule has 0 bridgehead atoms. The zero-order valence-electron chi connectivity index (χ0n) is 13.9. The quantitative estimate of drug-likeness (QED) is 0.734. The van der Waals surface area contributed by atoms with Crippen LogP contribution in [0.1, 0.15) is 44.3 Å². The Hall–Kier alpha value is -2.00. The summed E-state index contributed by atoms with van der Waals surface area (Å²) in [6.07, 6.45) is 6.57. The molecule has 3 heterocycles. The first-order chi connectivity index (χ1) is 11.9. The number of primary sulfonamides is 1. The topological polar surface area (TPSA) is 119 Å². The van der Waals surface area contributed by atoms with Crippen LogP contribution in [-0.2, 0) is 10.0 Å². The van der Waals surface area contributed by atoms with E-state index in [4.69, 9.17) is 5.14 Å². The zero-order valence-corrected chi connectivity index (χ0v) is 14.7. The smallest absolute Gasteiger partial charge is 0.215 e. The minimum absolute atomic E-state index is 0.0957. The van der Waals surface area contributed by atoms with E-state index >= 15 is 0 Å². The Bertz CT molecular complexity index is 1080. The summed E-state index contributed by atoms with van der Waals surface area (Å²) >= 11 is 0. The van der Waals surface area contributed by atoms with Crippen molar-refractivity contribution in [3.63, 3.8) is 0 Å². The largest absolute Gasteiger partial charge is 0.345 e. The van der Waals surface area contributed by atoms with Crippen LogP contribution in [0.25, 0.3) is 16.8 Å². The van der Waals surface area contributed by atoms with Crippen LogP contribution in [-0.4, -0.2) is 37.7 Å². The molecular weight excluding hydrogens is 340 g/mol. The fourth-order valence-electron chi connectivity index (χ4n) is 4.72. The van der Waals surface area contributed by atoms with E-state index in [1.807, 2.05) is 16.7 Å². The molecule has 2 saturated carbocycles. The summed E-state index contributed by atoms with van der Waals surface area (Å²) < 4.78 is 25.5. The molecule has 25 heavy (non-hydrogen) atoms. The average molecular weight is 360 g/mol. The highest BCUT2D eigenvalue weighted by atomic mass is 32.2. The van der Waals surface area contributed by atoms with Gasteiger partial charge in [-0.15, -0.1) is 10.2 Å². The monoisotopic (exact) mass is 360 g/mol. The number of nitrogens with one attached hydrogen (secondary N) is 1. The van der Waals surface area contributed by atoms with Gasteiger partial charge in [0.1, 0.15) is 5.82 Å². The Labute approximate surface area is 144 Å². The number of aromatic nitrogens is 5. The Morgan fingerprint density at radius 1 is 1.32 bits per heavy atom. The van der Waals surface area contributed by atoms with Crippen molar-refractivity contribution < 1.29 is 8.42 Å². The highest BCUT2D eigenvalue weighted by Crippen LogP contribution is 2.58. The van der Waals surface area contributed by atoms with Crippen molar-refractivity contribution >= 4 is 26.8 Å². The number of nitrogens with zero attached hydrogens (tertiary/aromatic N) is 4. The van der Waals surface area contributed by atoms with Crippen molar-refractivity contribution in [1.82, 2.24) is 24.6 Å². The third kappa shape index (κ3) is 2.02. The molecule has 3 aromatic rings. The predicted octanol–water partition coefficient (Wildman–Crippen LogP) is 1.56. The van der Waals surface area contributed by atoms with Crippen LogP contribution in [0.2, 0.25) is 0 Å². The van der Waals surface area contributed by atoms with Gasteiger partial charge in [0, 0.05) is 12.1 Å². The van der Waals surface area contributed by atoms with Gasteiger partial charge in [-0.2, -0.15) is 0 Å². The van der Waals surface area contributed by atoms with Crippen LogP contribution < -0.4 is 5.14 Å². The SMILES string of the molecule is C[C@@H]1C[C@H](C2(S(N)(=O)=O)CC2)C[C@@H]1c1nnc2cnc3[nH]ccc3n12. The van der Waals surface area contributed by atoms with Crippen molar-refractivity contribution in [3.05, 3.63) is 24.3 Å². The van der Waals surface area contributed by atoms with E-state index in [1.54, 1.807) is 6.20 Å². The van der Waals surface area contributed by atoms with Gasteiger partial charge in [-0.1, -0.05) is 6.92 Å². The van der Waals surface area contributed by atoms with E-state index < -0.39 is 14.8 Å². The van der Waals surface area contributed by atoms with Crippen LogP contribution in [0.5, 0.6) is 0 Å². The molecular formula is C16H20N6O2S. The predicted molar refractivity (Wildman–Crippen MR) is 92.3 cm³/mol. The molecule has 0 radical (unpaired) electrons. The van der Waals surface area contributed by atoms with E-state index in [2.05, 4.69) is 27.1 Å². The van der Waals surface area contributed by atoms with Gasteiger partial charge in [0.05, 0.1) is 16.5 Å². The molecule has 0 aliphatic heterocycles. The second-order valence-electron chi connectivity index (χ2n) is 7.58. The molecule has 0 unspecified atom stereocenters. The van der Waals surface area contributed by atoms with Gasteiger partial charge in [-0.3, -0.25) is 4.40 Å². The first kappa shape index (κ1) is 15.3. The van der Waals surface area contributed by atoms with Crippen LogP contribution >= 0.6 is 0 Å². The summed E-state index contributed by atoms with van der Waals surface area (Å²) in [5.41, 5.74) is 2.45. The van der Waals surface area contributed by atoms with E-state index in [0.717, 1.165) is 29.8 Å². The maximum Gasteiger partial charge on any atom is 0.215 e. The molecule has 0 saturated heterocycles. The van der Waals surface area contributed by atoms with Gasteiger partial charge < -0.3 is 4.98 Å². The van der Waals surface area contributed by atoms with Crippen LogP contribution in [0.15, 0.2) is 18.5 Å². The molecule has 8 nitrogen and oxygen atoms in total. The van der Waals surface area contributed by atoms with Crippen molar-refractivity contribution in [1.29, 1.82) is 0 Å². The second-order valence-corrected chi connectivity index (χ2v) is 9.49. The number of fused-ring (bicyclic) bond motifs is 3. The van der Waals surface area contributed by atoms with Crippen LogP contribution in [0.3, 0.4) is 0 Å². The summed E-state index contributed by atoms with van der Waals surface area (Å²) in [7, 11) is -3.52. The standard InChI is InChI=1S/C16H20N6O2S/c1-9-6-10(16(3-4-16)25(17,23)24)7-11(9)15-21-20-13-8-19-14-12(22(13)15)2-5-18-14/h2,5,8-11,18H,3-4,6-7H2,1H3,(H2,17,23,24)/t9-,10+,11+/m1/s1. The van der Waals surface area contributed by atoms with Gasteiger partial charge in [0.15, 0.2) is 11.3 Å². The lowest BCUT2D eigenvalue weighted by Crippen LogP contribution is -2.36. The lowest BCUT2D eigenvalue weighted by molar-refractivity contribution is 0.457. The number of hydrogen-bond acceptors (Lipinski definition) is 5. The summed E-state index contributed by atoms with van der Waals surface area (Å²) in [5, 5.41) is 14.3. The van der Waals surface area contributed by atoms with Crippen molar-refractivity contribution in [3.8, 4) is 0 Å². The van der Waals surface area contributed by atoms with Crippen molar-refractivity contribution in [2.75, 3.05) is 0 Å². The summed E-state index contributed by atoms with van der Waals surface area (Å²) in [4.78, 5) is 7.46. The molecule has 5 rings (SSSR count). The van der Waals surface area contributed by atoms with Gasteiger partial charge >= 0.3 is 0 Å². The molecule has 0 amide bonds.